The lowest BCUT2D eigenvalue weighted by atomic mass is 10.1. The van der Waals surface area contributed by atoms with Gasteiger partial charge in [0.1, 0.15) is 0 Å². The first-order valence-electron chi connectivity index (χ1n) is 9.57. The summed E-state index contributed by atoms with van der Waals surface area (Å²) in [5.74, 6) is 0.779. The van der Waals surface area contributed by atoms with E-state index in [2.05, 4.69) is 10.0 Å². The van der Waals surface area contributed by atoms with Crippen LogP contribution in [0.1, 0.15) is 10.4 Å². The van der Waals surface area contributed by atoms with Gasteiger partial charge in [-0.15, -0.1) is 0 Å². The van der Waals surface area contributed by atoms with Crippen LogP contribution in [0.4, 0.5) is 17.1 Å². The number of ether oxygens (including phenoxy) is 2. The molecule has 0 aromatic heterocycles. The number of nitrogens with zero attached hydrogens (tertiary/aromatic N) is 1. The molecule has 0 saturated carbocycles. The second-order valence-electron chi connectivity index (χ2n) is 6.81. The molecule has 1 aliphatic rings. The van der Waals surface area contributed by atoms with E-state index in [9.17, 15) is 23.3 Å². The van der Waals surface area contributed by atoms with Crippen LogP contribution in [-0.4, -0.2) is 25.9 Å². The summed E-state index contributed by atoms with van der Waals surface area (Å²) in [5, 5.41) is 13.7. The molecular weight excluding hydrogens is 450 g/mol. The number of nitro groups is 1. The van der Waals surface area contributed by atoms with E-state index in [0.717, 1.165) is 24.3 Å². The topological polar surface area (TPSA) is 137 Å². The molecular formula is C22H17N3O7S. The van der Waals surface area contributed by atoms with Crippen LogP contribution in [0, 0.1) is 10.1 Å². The van der Waals surface area contributed by atoms with Gasteiger partial charge in [-0.3, -0.25) is 19.6 Å². The summed E-state index contributed by atoms with van der Waals surface area (Å²) in [7, 11) is -4.00. The van der Waals surface area contributed by atoms with E-state index in [1.165, 1.54) is 12.3 Å². The van der Waals surface area contributed by atoms with Crippen molar-refractivity contribution in [3.05, 3.63) is 94.7 Å². The molecule has 4 rings (SSSR count). The minimum Gasteiger partial charge on any atom is -0.454 e. The van der Waals surface area contributed by atoms with Crippen LogP contribution < -0.4 is 19.5 Å². The second-order valence-corrected chi connectivity index (χ2v) is 8.49. The van der Waals surface area contributed by atoms with Gasteiger partial charge in [0.05, 0.1) is 21.2 Å². The molecule has 0 saturated heterocycles. The van der Waals surface area contributed by atoms with E-state index >= 15 is 0 Å². The first kappa shape index (κ1) is 21.8. The molecule has 11 heteroatoms. The standard InChI is InChI=1S/C22H17N3O7S/c26-20(15-5-10-21-22(13-15)32-14-31-21)11-12-23-18-3-1-2-4-19(18)24-33(29,30)17-8-6-16(7-9-17)25(27)28/h1-13,23-24H,14H2/b12-11-. The Balaban J connectivity index is 1.47. The Morgan fingerprint density at radius 3 is 2.39 bits per heavy atom. The predicted octanol–water partition coefficient (Wildman–Crippen LogP) is 3.93. The van der Waals surface area contributed by atoms with Crippen molar-refractivity contribution in [2.24, 2.45) is 0 Å². The lowest BCUT2D eigenvalue weighted by Crippen LogP contribution is -2.14. The molecule has 0 unspecified atom stereocenters. The highest BCUT2D eigenvalue weighted by atomic mass is 32.2. The molecule has 0 atom stereocenters. The number of anilines is 2. The largest absolute Gasteiger partial charge is 0.454 e. The SMILES string of the molecule is O=C(/C=C\Nc1ccccc1NS(=O)(=O)c1ccc([N+](=O)[O-])cc1)c1ccc2c(c1)OCO2. The molecule has 0 aliphatic carbocycles. The highest BCUT2D eigenvalue weighted by Gasteiger charge is 2.18. The van der Waals surface area contributed by atoms with Crippen molar-refractivity contribution >= 4 is 32.9 Å². The summed E-state index contributed by atoms with van der Waals surface area (Å²) in [6, 6.07) is 15.9. The average molecular weight is 467 g/mol. The Kier molecular flexibility index (Phi) is 5.96. The number of nitrogens with one attached hydrogen (secondary N) is 2. The van der Waals surface area contributed by atoms with Gasteiger partial charge in [0.25, 0.3) is 15.7 Å². The number of sulfonamides is 1. The normalized spacial score (nSPS) is 12.5. The number of allylic oxidation sites excluding steroid dienone is 1. The number of fused-ring (bicyclic) bond motifs is 1. The van der Waals surface area contributed by atoms with Crippen molar-refractivity contribution in [3.63, 3.8) is 0 Å². The van der Waals surface area contributed by atoms with E-state index in [1.807, 2.05) is 0 Å². The van der Waals surface area contributed by atoms with Gasteiger partial charge in [0.15, 0.2) is 17.3 Å². The molecule has 0 radical (unpaired) electrons. The molecule has 3 aromatic carbocycles. The smallest absolute Gasteiger partial charge is 0.269 e. The van der Waals surface area contributed by atoms with Gasteiger partial charge < -0.3 is 14.8 Å². The highest BCUT2D eigenvalue weighted by Crippen LogP contribution is 2.32. The number of non-ortho nitro benzene ring substituents is 1. The molecule has 10 nitrogen and oxygen atoms in total. The van der Waals surface area contributed by atoms with Crippen LogP contribution in [0.25, 0.3) is 0 Å². The maximum atomic E-state index is 12.7. The maximum Gasteiger partial charge on any atom is 0.269 e. The summed E-state index contributed by atoms with van der Waals surface area (Å²) in [5.41, 5.74) is 0.825. The van der Waals surface area contributed by atoms with Crippen molar-refractivity contribution in [1.29, 1.82) is 0 Å². The number of ketones is 1. The minimum atomic E-state index is -4.00. The fourth-order valence-electron chi connectivity index (χ4n) is 3.00. The first-order valence-corrected chi connectivity index (χ1v) is 11.1. The fraction of sp³-hybridized carbons (Fsp3) is 0.0455. The number of carbonyl (C=O) groups excluding carboxylic acids is 1. The van der Waals surface area contributed by atoms with Crippen LogP contribution in [0.2, 0.25) is 0 Å². The third-order valence-corrected chi connectivity index (χ3v) is 6.04. The molecule has 0 spiro atoms. The van der Waals surface area contributed by atoms with Crippen LogP contribution in [0.15, 0.2) is 83.9 Å². The fourth-order valence-corrected chi connectivity index (χ4v) is 4.08. The number of hydrogen-bond acceptors (Lipinski definition) is 8. The molecule has 2 N–H and O–H groups in total. The Labute approximate surface area is 188 Å². The summed E-state index contributed by atoms with van der Waals surface area (Å²) < 4.78 is 38.3. The Morgan fingerprint density at radius 2 is 1.67 bits per heavy atom. The zero-order chi connectivity index (χ0) is 23.4. The van der Waals surface area contributed by atoms with E-state index in [4.69, 9.17) is 9.47 Å². The van der Waals surface area contributed by atoms with Gasteiger partial charge in [-0.2, -0.15) is 0 Å². The van der Waals surface area contributed by atoms with Gasteiger partial charge >= 0.3 is 0 Å². The van der Waals surface area contributed by atoms with Crippen LogP contribution in [0.3, 0.4) is 0 Å². The average Bonchev–Trinajstić information content (AvgIpc) is 3.28. The summed E-state index contributed by atoms with van der Waals surface area (Å²) >= 11 is 0. The van der Waals surface area contributed by atoms with E-state index < -0.39 is 14.9 Å². The van der Waals surface area contributed by atoms with Gasteiger partial charge in [0, 0.05) is 30.0 Å². The number of hydrogen-bond donors (Lipinski definition) is 2. The molecule has 3 aromatic rings. The van der Waals surface area contributed by atoms with E-state index in [1.54, 1.807) is 42.5 Å². The molecule has 33 heavy (non-hydrogen) atoms. The number of para-hydroxylation sites is 2. The van der Waals surface area contributed by atoms with Crippen molar-refractivity contribution in [1.82, 2.24) is 0 Å². The molecule has 0 bridgehead atoms. The summed E-state index contributed by atoms with van der Waals surface area (Å²) in [4.78, 5) is 22.5. The lowest BCUT2D eigenvalue weighted by molar-refractivity contribution is -0.384. The highest BCUT2D eigenvalue weighted by molar-refractivity contribution is 7.92. The first-order chi connectivity index (χ1) is 15.8. The lowest BCUT2D eigenvalue weighted by Gasteiger charge is -2.12. The van der Waals surface area contributed by atoms with Crippen LogP contribution >= 0.6 is 0 Å². The zero-order valence-electron chi connectivity index (χ0n) is 16.9. The molecule has 0 amide bonds. The van der Waals surface area contributed by atoms with Gasteiger partial charge in [-0.1, -0.05) is 12.1 Å². The van der Waals surface area contributed by atoms with Gasteiger partial charge in [-0.05, 0) is 42.5 Å². The van der Waals surface area contributed by atoms with Crippen LogP contribution in [0.5, 0.6) is 11.5 Å². The second kappa shape index (κ2) is 9.01. The molecule has 168 valence electrons. The Morgan fingerprint density at radius 1 is 0.970 bits per heavy atom. The van der Waals surface area contributed by atoms with E-state index in [-0.39, 0.29) is 28.8 Å². The van der Waals surface area contributed by atoms with Gasteiger partial charge in [0.2, 0.25) is 6.79 Å². The predicted molar refractivity (Wildman–Crippen MR) is 120 cm³/mol. The Hall–Kier alpha value is -4.38. The monoisotopic (exact) mass is 467 g/mol. The van der Waals surface area contributed by atoms with E-state index in [0.29, 0.717) is 22.7 Å². The molecule has 1 heterocycles. The zero-order valence-corrected chi connectivity index (χ0v) is 17.7. The number of benzene rings is 3. The van der Waals surface area contributed by atoms with Gasteiger partial charge in [-0.25, -0.2) is 8.42 Å². The Bertz CT molecular complexity index is 1350. The van der Waals surface area contributed by atoms with Crippen molar-refractivity contribution < 1.29 is 27.6 Å². The summed E-state index contributed by atoms with van der Waals surface area (Å²) in [6.45, 7) is 0.108. The number of nitro benzene ring substituents is 1. The minimum absolute atomic E-state index is 0.108. The maximum absolute atomic E-state index is 12.7. The van der Waals surface area contributed by atoms with Crippen molar-refractivity contribution in [3.8, 4) is 11.5 Å². The third kappa shape index (κ3) is 4.93. The third-order valence-electron chi connectivity index (χ3n) is 4.66. The quantitative estimate of drug-likeness (QED) is 0.220. The van der Waals surface area contributed by atoms with Crippen molar-refractivity contribution in [2.45, 2.75) is 4.90 Å². The van der Waals surface area contributed by atoms with Crippen LogP contribution in [-0.2, 0) is 10.0 Å². The summed E-state index contributed by atoms with van der Waals surface area (Å²) in [6.07, 6.45) is 2.70. The molecule has 0 fully saturated rings. The van der Waals surface area contributed by atoms with Crippen molar-refractivity contribution in [2.75, 3.05) is 16.8 Å². The number of carbonyl (C=O) groups is 1. The number of rotatable bonds is 8. The molecule has 1 aliphatic heterocycles.